The second kappa shape index (κ2) is 12.2. The number of esters is 4. The second-order valence-electron chi connectivity index (χ2n) is 12.8. The van der Waals surface area contributed by atoms with Crippen LogP contribution in [-0.2, 0) is 66.8 Å². The fourth-order valence-corrected chi connectivity index (χ4v) is 9.61. The number of rotatable bonds is 16. The summed E-state index contributed by atoms with van der Waals surface area (Å²) < 4.78 is 31.9. The first-order valence-corrected chi connectivity index (χ1v) is 16.5. The third kappa shape index (κ3) is 4.51. The molecule has 2 bridgehead atoms. The number of carbonyl (C=O) groups is 8. The first-order chi connectivity index (χ1) is 23.4. The molecule has 10 atom stereocenters. The molecule has 2 saturated heterocycles. The molecule has 2 aliphatic heterocycles. The maximum atomic E-state index is 13.8. The number of epoxide rings is 2. The fourth-order valence-electron chi connectivity index (χ4n) is 9.61. The van der Waals surface area contributed by atoms with Gasteiger partial charge in [0.25, 0.3) is 23.6 Å². The molecule has 2 unspecified atom stereocenters. The molecule has 0 radical (unpaired) electrons. The van der Waals surface area contributed by atoms with Crippen LogP contribution in [0.5, 0.6) is 0 Å². The molecule has 4 saturated carbocycles. The minimum atomic E-state index is -1.73. The molecular formula is C31H40N4O14. The maximum Gasteiger partial charge on any atom is 0.325 e. The lowest BCUT2D eigenvalue weighted by Crippen LogP contribution is -2.77. The van der Waals surface area contributed by atoms with E-state index in [-0.39, 0.29) is 26.4 Å². The van der Waals surface area contributed by atoms with Crippen molar-refractivity contribution in [2.75, 3.05) is 52.6 Å². The van der Waals surface area contributed by atoms with Crippen LogP contribution in [0.1, 0.15) is 34.1 Å². The van der Waals surface area contributed by atoms with E-state index in [1.54, 1.807) is 27.7 Å². The van der Waals surface area contributed by atoms with Gasteiger partial charge in [0.15, 0.2) is 22.4 Å². The Labute approximate surface area is 280 Å². The van der Waals surface area contributed by atoms with E-state index in [1.807, 2.05) is 0 Å². The van der Waals surface area contributed by atoms with Crippen LogP contribution in [0.15, 0.2) is 0 Å². The highest BCUT2D eigenvalue weighted by molar-refractivity contribution is 6.09. The Morgan fingerprint density at radius 3 is 0.898 bits per heavy atom. The highest BCUT2D eigenvalue weighted by Crippen LogP contribution is 2.90. The molecule has 4 aliphatic carbocycles. The van der Waals surface area contributed by atoms with E-state index in [0.717, 1.165) is 0 Å². The van der Waals surface area contributed by atoms with E-state index in [9.17, 15) is 38.4 Å². The number of carbonyl (C=O) groups excluding carboxylic acids is 8. The Morgan fingerprint density at radius 1 is 0.469 bits per heavy atom. The zero-order valence-electron chi connectivity index (χ0n) is 27.5. The molecule has 0 aromatic heterocycles. The summed E-state index contributed by atoms with van der Waals surface area (Å²) in [7, 11) is 0. The van der Waals surface area contributed by atoms with E-state index in [0.29, 0.717) is 6.42 Å². The average Bonchev–Trinajstić information content (AvgIpc) is 3.72. The molecule has 4 amide bonds. The van der Waals surface area contributed by atoms with Gasteiger partial charge in [0.1, 0.15) is 26.2 Å². The zero-order chi connectivity index (χ0) is 35.5. The van der Waals surface area contributed by atoms with Gasteiger partial charge in [0.2, 0.25) is 0 Å². The summed E-state index contributed by atoms with van der Waals surface area (Å²) >= 11 is 0. The summed E-state index contributed by atoms with van der Waals surface area (Å²) in [5, 5.41) is 10.1. The van der Waals surface area contributed by atoms with E-state index < -0.39 is 132 Å². The number of hydrogen-bond donors (Lipinski definition) is 4. The SMILES string of the molecule is CCOC(=O)CNC(=O)[C@]12O[C@@]1(C(=O)NCC(=O)OCC)[C@@H]1C3CC([C@@H]4[C@H]3[C@@]3(C(=O)NCC(=O)OCC)O[C@@]43C(=O)NCC(=O)OCC)[C@@H]12. The summed E-state index contributed by atoms with van der Waals surface area (Å²) in [4.78, 5) is 104. The Morgan fingerprint density at radius 2 is 0.694 bits per heavy atom. The molecule has 4 N–H and O–H groups in total. The topological polar surface area (TPSA) is 247 Å². The molecule has 6 fully saturated rings. The molecule has 0 aromatic rings. The summed E-state index contributed by atoms with van der Waals surface area (Å²) in [5.41, 5.74) is -6.91. The van der Waals surface area contributed by atoms with Crippen molar-refractivity contribution in [3.63, 3.8) is 0 Å². The second-order valence-corrected chi connectivity index (χ2v) is 12.8. The van der Waals surface area contributed by atoms with Crippen LogP contribution >= 0.6 is 0 Å². The molecular weight excluding hydrogens is 652 g/mol. The minimum Gasteiger partial charge on any atom is -0.465 e. The zero-order valence-corrected chi connectivity index (χ0v) is 27.5. The van der Waals surface area contributed by atoms with Crippen molar-refractivity contribution < 1.29 is 66.8 Å². The van der Waals surface area contributed by atoms with Crippen LogP contribution in [0, 0.1) is 35.5 Å². The number of nitrogens with one attached hydrogen (secondary N) is 4. The van der Waals surface area contributed by atoms with Gasteiger partial charge in [-0.2, -0.15) is 0 Å². The van der Waals surface area contributed by atoms with Gasteiger partial charge >= 0.3 is 23.9 Å². The van der Waals surface area contributed by atoms with Gasteiger partial charge in [-0.05, 0) is 46.0 Å². The van der Waals surface area contributed by atoms with Crippen LogP contribution in [0.25, 0.3) is 0 Å². The van der Waals surface area contributed by atoms with Crippen LogP contribution in [0.4, 0.5) is 0 Å². The predicted octanol–water partition coefficient (Wildman–Crippen LogP) is -3.14. The number of amides is 4. The molecule has 6 aliphatic rings. The van der Waals surface area contributed by atoms with E-state index in [4.69, 9.17) is 28.4 Å². The van der Waals surface area contributed by atoms with E-state index in [2.05, 4.69) is 21.3 Å². The largest absolute Gasteiger partial charge is 0.465 e. The standard InChI is InChI=1S/C31H40N4O14/c1-5-44-16(36)10-32-24(40)28-20-14-9-15(21(20)29(28,48-28)25(41)33-11-17(37)45-6-2)23-22(14)30(26(42)34-12-18(38)46-7-3)31(23,49-30)27(43)35-13-19(39)47-8-4/h14-15,20-23H,5-13H2,1-4H3,(H,32,40)(H,33,41)(H,34,42)(H,35,43)/t14?,15?,20-,21+,22+,23-,28-,29+,30+,31-. The van der Waals surface area contributed by atoms with Gasteiger partial charge in [0.05, 0.1) is 26.4 Å². The lowest BCUT2D eigenvalue weighted by Gasteiger charge is -2.57. The molecule has 0 aromatic carbocycles. The molecule has 49 heavy (non-hydrogen) atoms. The minimum absolute atomic E-state index is 0.0868. The van der Waals surface area contributed by atoms with Gasteiger partial charge in [0, 0.05) is 23.7 Å². The molecule has 6 rings (SSSR count). The van der Waals surface area contributed by atoms with Crippen molar-refractivity contribution in [3.05, 3.63) is 0 Å². The predicted molar refractivity (Wildman–Crippen MR) is 157 cm³/mol. The average molecular weight is 693 g/mol. The van der Waals surface area contributed by atoms with Gasteiger partial charge in [-0.1, -0.05) is 0 Å². The highest BCUT2D eigenvalue weighted by atomic mass is 16.7. The monoisotopic (exact) mass is 692 g/mol. The first-order valence-electron chi connectivity index (χ1n) is 16.5. The first kappa shape index (κ1) is 34.5. The summed E-state index contributed by atoms with van der Waals surface area (Å²) in [5.74, 6) is -9.09. The van der Waals surface area contributed by atoms with Crippen LogP contribution in [0.2, 0.25) is 0 Å². The lowest BCUT2D eigenvalue weighted by atomic mass is 9.40. The third-order valence-corrected chi connectivity index (χ3v) is 10.8. The van der Waals surface area contributed by atoms with Crippen molar-refractivity contribution in [3.8, 4) is 0 Å². The molecule has 2 heterocycles. The van der Waals surface area contributed by atoms with Crippen LogP contribution in [0.3, 0.4) is 0 Å². The van der Waals surface area contributed by atoms with Crippen LogP contribution < -0.4 is 21.3 Å². The summed E-state index contributed by atoms with van der Waals surface area (Å²) in [6.45, 7) is 4.85. The molecule has 18 nitrogen and oxygen atoms in total. The smallest absolute Gasteiger partial charge is 0.325 e. The molecule has 268 valence electrons. The number of fused-ring (bicyclic) bond motifs is 14. The van der Waals surface area contributed by atoms with Crippen LogP contribution in [-0.4, -0.2) is 123 Å². The van der Waals surface area contributed by atoms with Crippen molar-refractivity contribution in [1.29, 1.82) is 0 Å². The maximum absolute atomic E-state index is 13.8. The Bertz CT molecular complexity index is 1290. The molecule has 18 heteroatoms. The fraction of sp³-hybridized carbons (Fsp3) is 0.742. The van der Waals surface area contributed by atoms with Crippen molar-refractivity contribution in [2.24, 2.45) is 35.5 Å². The van der Waals surface area contributed by atoms with Crippen molar-refractivity contribution in [2.45, 2.75) is 56.5 Å². The number of hydrogen-bond acceptors (Lipinski definition) is 14. The third-order valence-electron chi connectivity index (χ3n) is 10.8. The quantitative estimate of drug-likeness (QED) is 0.0541. The Hall–Kier alpha value is -4.32. The van der Waals surface area contributed by atoms with Crippen molar-refractivity contribution in [1.82, 2.24) is 21.3 Å². The van der Waals surface area contributed by atoms with Crippen molar-refractivity contribution >= 4 is 47.5 Å². The highest BCUT2D eigenvalue weighted by Gasteiger charge is 3.06. The number of ether oxygens (including phenoxy) is 6. The summed E-state index contributed by atoms with van der Waals surface area (Å²) in [6.07, 6.45) is 0.414. The van der Waals surface area contributed by atoms with Gasteiger partial charge in [-0.25, -0.2) is 0 Å². The van der Waals surface area contributed by atoms with Gasteiger partial charge < -0.3 is 49.7 Å². The Balaban J connectivity index is 1.29. The molecule has 0 spiro atoms. The van der Waals surface area contributed by atoms with Gasteiger partial charge in [-0.15, -0.1) is 0 Å². The van der Waals surface area contributed by atoms with E-state index in [1.165, 1.54) is 0 Å². The van der Waals surface area contributed by atoms with E-state index >= 15 is 0 Å². The Kier molecular flexibility index (Phi) is 8.62. The van der Waals surface area contributed by atoms with Gasteiger partial charge in [-0.3, -0.25) is 38.4 Å². The lowest BCUT2D eigenvalue weighted by molar-refractivity contribution is -0.160. The normalized spacial score (nSPS) is 37.1. The summed E-state index contributed by atoms with van der Waals surface area (Å²) in [6, 6.07) is 0.